The molecule has 0 N–H and O–H groups in total. The summed E-state index contributed by atoms with van der Waals surface area (Å²) >= 11 is 0. The van der Waals surface area contributed by atoms with Crippen LogP contribution in [-0.2, 0) is 22.6 Å². The van der Waals surface area contributed by atoms with Crippen LogP contribution in [0.25, 0.3) is 0 Å². The summed E-state index contributed by atoms with van der Waals surface area (Å²) in [4.78, 5) is 21.0. The average molecular weight is 222 g/mol. The van der Waals surface area contributed by atoms with Gasteiger partial charge in [0.2, 0.25) is 0 Å². The van der Waals surface area contributed by atoms with E-state index in [1.165, 1.54) is 13.8 Å². The molecule has 7 heteroatoms. The quantitative estimate of drug-likeness (QED) is 0.618. The van der Waals surface area contributed by atoms with Gasteiger partial charge in [-0.15, -0.1) is 0 Å². The zero-order valence-electron chi connectivity index (χ0n) is 8.25. The Labute approximate surface area is 80.7 Å². The van der Waals surface area contributed by atoms with E-state index >= 15 is 0 Å². The maximum atomic E-state index is 10.6. The molecule has 0 radical (unpaired) electrons. The van der Waals surface area contributed by atoms with E-state index < -0.39 is 18.6 Å². The Morgan fingerprint density at radius 2 is 1.69 bits per heavy atom. The summed E-state index contributed by atoms with van der Waals surface area (Å²) < 4.78 is 14.9. The van der Waals surface area contributed by atoms with Crippen LogP contribution < -0.4 is 0 Å². The van der Waals surface area contributed by atoms with Crippen LogP contribution in [0, 0.1) is 0 Å². The van der Waals surface area contributed by atoms with E-state index in [-0.39, 0.29) is 11.9 Å². The topological polar surface area (TPSA) is 61.8 Å². The van der Waals surface area contributed by atoms with Gasteiger partial charge < -0.3 is 13.0 Å². The molecule has 0 heterocycles. The molecule has 0 fully saturated rings. The van der Waals surface area contributed by atoms with Gasteiger partial charge in [-0.1, -0.05) is 0 Å². The smallest absolute Gasteiger partial charge is 0.386 e. The SMILES string of the molecule is CC(=O)O[SiH2]O[Si](C)(C)OC(C)=O. The Morgan fingerprint density at radius 3 is 2.08 bits per heavy atom. The third-order valence-electron chi connectivity index (χ3n) is 1.06. The summed E-state index contributed by atoms with van der Waals surface area (Å²) in [5, 5.41) is 0. The second-order valence-electron chi connectivity index (χ2n) is 2.89. The molecule has 0 atom stereocenters. The predicted octanol–water partition coefficient (Wildman–Crippen LogP) is -0.170. The first-order chi connectivity index (χ1) is 5.83. The molecule has 0 aromatic heterocycles. The van der Waals surface area contributed by atoms with Crippen molar-refractivity contribution in [1.29, 1.82) is 0 Å². The van der Waals surface area contributed by atoms with Crippen molar-refractivity contribution in [2.24, 2.45) is 0 Å². The monoisotopic (exact) mass is 222 g/mol. The molecule has 0 aliphatic heterocycles. The van der Waals surface area contributed by atoms with E-state index in [1.807, 2.05) is 0 Å². The molecule has 5 nitrogen and oxygen atoms in total. The van der Waals surface area contributed by atoms with Crippen LogP contribution in [0.2, 0.25) is 13.1 Å². The fourth-order valence-corrected chi connectivity index (χ4v) is 3.09. The maximum absolute atomic E-state index is 10.6. The number of rotatable bonds is 4. The van der Waals surface area contributed by atoms with Crippen molar-refractivity contribution in [2.75, 3.05) is 0 Å². The molecule has 0 bridgehead atoms. The summed E-state index contributed by atoms with van der Waals surface area (Å²) in [5.41, 5.74) is 0. The molecule has 0 rings (SSSR count). The van der Waals surface area contributed by atoms with Crippen LogP contribution in [0.4, 0.5) is 0 Å². The summed E-state index contributed by atoms with van der Waals surface area (Å²) in [6.45, 7) is 6.10. The van der Waals surface area contributed by atoms with Gasteiger partial charge in [0.25, 0.3) is 11.9 Å². The first-order valence-electron chi connectivity index (χ1n) is 3.80. The number of carbonyl (C=O) groups is 2. The molecule has 0 saturated carbocycles. The van der Waals surface area contributed by atoms with Crippen LogP contribution in [0.1, 0.15) is 13.8 Å². The van der Waals surface area contributed by atoms with Crippen LogP contribution in [0.5, 0.6) is 0 Å². The minimum Gasteiger partial charge on any atom is -0.500 e. The molecule has 0 unspecified atom stereocenters. The Bertz CT molecular complexity index is 203. The van der Waals surface area contributed by atoms with E-state index in [1.54, 1.807) is 13.1 Å². The van der Waals surface area contributed by atoms with Crippen molar-refractivity contribution in [2.45, 2.75) is 26.9 Å². The molecule has 0 aliphatic rings. The van der Waals surface area contributed by atoms with Crippen LogP contribution in [-0.4, -0.2) is 30.5 Å². The zero-order chi connectivity index (χ0) is 10.5. The Hall–Kier alpha value is -0.666. The van der Waals surface area contributed by atoms with Crippen molar-refractivity contribution in [3.8, 4) is 0 Å². The van der Waals surface area contributed by atoms with Crippen LogP contribution >= 0.6 is 0 Å². The summed E-state index contributed by atoms with van der Waals surface area (Å²) in [6.07, 6.45) is 0. The molecular weight excluding hydrogens is 208 g/mol. The van der Waals surface area contributed by atoms with Crippen molar-refractivity contribution in [3.05, 3.63) is 0 Å². The van der Waals surface area contributed by atoms with Crippen LogP contribution in [0.3, 0.4) is 0 Å². The summed E-state index contributed by atoms with van der Waals surface area (Å²) in [5.74, 6) is -0.729. The first kappa shape index (κ1) is 12.3. The minimum absolute atomic E-state index is 0.362. The standard InChI is InChI=1S/C6H14O5Si2/c1-5(7)9-12-11-13(3,4)10-6(2)8/h12H2,1-4H3. The molecule has 13 heavy (non-hydrogen) atoms. The Morgan fingerprint density at radius 1 is 1.15 bits per heavy atom. The van der Waals surface area contributed by atoms with Crippen molar-refractivity contribution >= 4 is 30.5 Å². The summed E-state index contributed by atoms with van der Waals surface area (Å²) in [7, 11) is -3.75. The van der Waals surface area contributed by atoms with Gasteiger partial charge in [0.05, 0.1) is 0 Å². The second kappa shape index (κ2) is 5.15. The van der Waals surface area contributed by atoms with Gasteiger partial charge in [-0.25, -0.2) is 0 Å². The van der Waals surface area contributed by atoms with Crippen molar-refractivity contribution in [3.63, 3.8) is 0 Å². The highest BCUT2D eigenvalue weighted by Crippen LogP contribution is 2.05. The molecule has 0 amide bonds. The summed E-state index contributed by atoms with van der Waals surface area (Å²) in [6, 6.07) is 0. The molecule has 0 aliphatic carbocycles. The maximum Gasteiger partial charge on any atom is 0.386 e. The third kappa shape index (κ3) is 7.69. The van der Waals surface area contributed by atoms with E-state index in [0.29, 0.717) is 0 Å². The molecular formula is C6H14O5Si2. The highest BCUT2D eigenvalue weighted by Gasteiger charge is 2.27. The van der Waals surface area contributed by atoms with E-state index in [9.17, 15) is 9.59 Å². The predicted molar refractivity (Wildman–Crippen MR) is 50.6 cm³/mol. The van der Waals surface area contributed by atoms with Crippen molar-refractivity contribution in [1.82, 2.24) is 0 Å². The van der Waals surface area contributed by atoms with Crippen molar-refractivity contribution < 1.29 is 22.6 Å². The number of hydrogen-bond acceptors (Lipinski definition) is 5. The van der Waals surface area contributed by atoms with Crippen LogP contribution in [0.15, 0.2) is 0 Å². The van der Waals surface area contributed by atoms with Gasteiger partial charge in [-0.3, -0.25) is 9.59 Å². The fourth-order valence-electron chi connectivity index (χ4n) is 0.630. The Balaban J connectivity index is 3.75. The van der Waals surface area contributed by atoms with Gasteiger partial charge in [0.15, 0.2) is 0 Å². The first-order valence-corrected chi connectivity index (χ1v) is 7.77. The average Bonchev–Trinajstić information content (AvgIpc) is 1.81. The normalized spacial score (nSPS) is 11.7. The zero-order valence-corrected chi connectivity index (χ0v) is 10.7. The van der Waals surface area contributed by atoms with Gasteiger partial charge in [0, 0.05) is 13.8 Å². The van der Waals surface area contributed by atoms with E-state index in [4.69, 9.17) is 8.54 Å². The number of hydrogen-bond donors (Lipinski definition) is 0. The number of carbonyl (C=O) groups excluding carboxylic acids is 2. The van der Waals surface area contributed by atoms with Gasteiger partial charge in [-0.2, -0.15) is 0 Å². The van der Waals surface area contributed by atoms with E-state index in [2.05, 4.69) is 4.43 Å². The minimum atomic E-state index is -2.40. The largest absolute Gasteiger partial charge is 0.500 e. The molecule has 0 aromatic rings. The lowest BCUT2D eigenvalue weighted by Crippen LogP contribution is -2.38. The molecule has 0 spiro atoms. The van der Waals surface area contributed by atoms with Gasteiger partial charge in [0.1, 0.15) is 0 Å². The lowest BCUT2D eigenvalue weighted by atomic mass is 10.9. The highest BCUT2D eigenvalue weighted by atomic mass is 28.4. The second-order valence-corrected chi connectivity index (χ2v) is 7.57. The fraction of sp³-hybridized carbons (Fsp3) is 0.667. The van der Waals surface area contributed by atoms with Gasteiger partial charge >= 0.3 is 18.6 Å². The lowest BCUT2D eigenvalue weighted by Gasteiger charge is -2.21. The van der Waals surface area contributed by atoms with Gasteiger partial charge in [-0.05, 0) is 13.1 Å². The molecule has 0 aromatic carbocycles. The Kier molecular flexibility index (Phi) is 4.88. The lowest BCUT2D eigenvalue weighted by molar-refractivity contribution is -0.133. The molecule has 0 saturated heterocycles. The van der Waals surface area contributed by atoms with E-state index in [0.717, 1.165) is 0 Å². The highest BCUT2D eigenvalue weighted by molar-refractivity contribution is 6.70. The third-order valence-corrected chi connectivity index (χ3v) is 5.61. The molecule has 76 valence electrons.